The van der Waals surface area contributed by atoms with Crippen LogP contribution in [0.25, 0.3) is 0 Å². The number of para-hydroxylation sites is 1. The second-order valence-corrected chi connectivity index (χ2v) is 9.65. The average Bonchev–Trinajstić information content (AvgIpc) is 2.81. The maximum Gasteiger partial charge on any atom is 0.253 e. The molecule has 1 saturated carbocycles. The number of likely N-dealkylation sites (tertiary alicyclic amines) is 1. The van der Waals surface area contributed by atoms with Gasteiger partial charge >= 0.3 is 0 Å². The fraction of sp³-hybridized carbons (Fsp3) is 0.481. The van der Waals surface area contributed by atoms with Gasteiger partial charge in [-0.3, -0.25) is 9.59 Å². The van der Waals surface area contributed by atoms with Gasteiger partial charge in [0.15, 0.2) is 0 Å². The van der Waals surface area contributed by atoms with Crippen LogP contribution < -0.4 is 14.8 Å². The Bertz CT molecular complexity index is 1020. The van der Waals surface area contributed by atoms with Crippen LogP contribution in [0.15, 0.2) is 48.5 Å². The predicted octanol–water partition coefficient (Wildman–Crippen LogP) is 4.30. The second-order valence-electron chi connectivity index (χ2n) is 9.65. The van der Waals surface area contributed by atoms with Crippen LogP contribution in [0, 0.1) is 0 Å². The zero-order valence-corrected chi connectivity index (χ0v) is 19.2. The highest BCUT2D eigenvalue weighted by atomic mass is 16.5. The molecule has 2 heterocycles. The molecule has 6 heteroatoms. The van der Waals surface area contributed by atoms with Gasteiger partial charge in [-0.2, -0.15) is 0 Å². The summed E-state index contributed by atoms with van der Waals surface area (Å²) in [4.78, 5) is 27.7. The number of benzene rings is 2. The lowest BCUT2D eigenvalue weighted by atomic mass is 9.76. The van der Waals surface area contributed by atoms with E-state index in [9.17, 15) is 9.59 Å². The Balaban J connectivity index is 1.28. The number of carbonyl (C=O) groups is 2. The van der Waals surface area contributed by atoms with E-state index < -0.39 is 0 Å². The minimum absolute atomic E-state index is 0.0244. The minimum atomic E-state index is -0.332. The van der Waals surface area contributed by atoms with Crippen molar-refractivity contribution in [3.05, 3.63) is 59.7 Å². The number of rotatable bonds is 5. The van der Waals surface area contributed by atoms with Crippen LogP contribution in [-0.2, 0) is 4.79 Å². The molecule has 0 radical (unpaired) electrons. The van der Waals surface area contributed by atoms with Crippen molar-refractivity contribution in [2.75, 3.05) is 20.2 Å². The third-order valence-electron chi connectivity index (χ3n) is 7.48. The van der Waals surface area contributed by atoms with Gasteiger partial charge in [-0.1, -0.05) is 24.3 Å². The molecule has 3 aliphatic rings. The number of nitrogens with zero attached hydrogens (tertiary/aromatic N) is 1. The summed E-state index contributed by atoms with van der Waals surface area (Å²) in [5, 5.41) is 3.19. The lowest BCUT2D eigenvalue weighted by Gasteiger charge is -2.47. The van der Waals surface area contributed by atoms with Gasteiger partial charge in [0.05, 0.1) is 7.11 Å². The standard InChI is InChI=1S/C27H32N2O4/c1-32-22-9-4-6-19(16-22)26(31)29-14-12-27(13-15-29)18-20(17-25(30)28-21-7-5-8-21)23-10-2-3-11-24(23)33-27/h2-4,6,9-11,16,20-21H,5,7-8,12-15,17-18H2,1H3,(H,28,30)/t20-/m1/s1. The Morgan fingerprint density at radius 1 is 1.12 bits per heavy atom. The van der Waals surface area contributed by atoms with Crippen LogP contribution in [0.4, 0.5) is 0 Å². The molecule has 6 nitrogen and oxygen atoms in total. The van der Waals surface area contributed by atoms with E-state index in [1.807, 2.05) is 41.3 Å². The van der Waals surface area contributed by atoms with Crippen molar-refractivity contribution in [3.63, 3.8) is 0 Å². The quantitative estimate of drug-likeness (QED) is 0.741. The van der Waals surface area contributed by atoms with Crippen LogP contribution in [0.2, 0.25) is 0 Å². The summed E-state index contributed by atoms with van der Waals surface area (Å²) < 4.78 is 11.8. The molecule has 1 aliphatic carbocycles. The van der Waals surface area contributed by atoms with Gasteiger partial charge in [0, 0.05) is 49.9 Å². The molecule has 5 rings (SSSR count). The molecular formula is C27H32N2O4. The van der Waals surface area contributed by atoms with Crippen molar-refractivity contribution in [2.45, 2.75) is 62.5 Å². The van der Waals surface area contributed by atoms with E-state index in [0.717, 1.165) is 43.4 Å². The highest BCUT2D eigenvalue weighted by molar-refractivity contribution is 5.94. The monoisotopic (exact) mass is 448 g/mol. The number of nitrogens with one attached hydrogen (secondary N) is 1. The molecule has 2 aliphatic heterocycles. The van der Waals surface area contributed by atoms with Crippen molar-refractivity contribution < 1.29 is 19.1 Å². The fourth-order valence-electron chi connectivity index (χ4n) is 5.35. The van der Waals surface area contributed by atoms with E-state index in [0.29, 0.717) is 36.9 Å². The highest BCUT2D eigenvalue weighted by Crippen LogP contribution is 2.46. The molecule has 2 aromatic rings. The third-order valence-corrected chi connectivity index (χ3v) is 7.48. The van der Waals surface area contributed by atoms with Crippen molar-refractivity contribution in [2.24, 2.45) is 0 Å². The normalized spacial score (nSPS) is 21.5. The number of fused-ring (bicyclic) bond motifs is 1. The van der Waals surface area contributed by atoms with Crippen LogP contribution in [0.1, 0.15) is 66.8 Å². The van der Waals surface area contributed by atoms with Crippen molar-refractivity contribution >= 4 is 11.8 Å². The Labute approximate surface area is 195 Å². The van der Waals surface area contributed by atoms with Crippen LogP contribution >= 0.6 is 0 Å². The Morgan fingerprint density at radius 3 is 2.64 bits per heavy atom. The van der Waals surface area contributed by atoms with E-state index in [2.05, 4.69) is 11.4 Å². The SMILES string of the molecule is COc1cccc(C(=O)N2CCC3(CC2)C[C@@H](CC(=O)NC2CCC2)c2ccccc2O3)c1. The second kappa shape index (κ2) is 9.08. The number of hydrogen-bond acceptors (Lipinski definition) is 4. The summed E-state index contributed by atoms with van der Waals surface area (Å²) >= 11 is 0. The van der Waals surface area contributed by atoms with Gasteiger partial charge in [0.25, 0.3) is 5.91 Å². The number of ether oxygens (including phenoxy) is 2. The van der Waals surface area contributed by atoms with E-state index in [4.69, 9.17) is 9.47 Å². The first kappa shape index (κ1) is 21.8. The first-order chi connectivity index (χ1) is 16.0. The number of carbonyl (C=O) groups excluding carboxylic acids is 2. The Kier molecular flexibility index (Phi) is 6.00. The van der Waals surface area contributed by atoms with Crippen LogP contribution in [-0.4, -0.2) is 48.6 Å². The number of hydrogen-bond donors (Lipinski definition) is 1. The molecule has 1 saturated heterocycles. The zero-order valence-electron chi connectivity index (χ0n) is 19.2. The number of methoxy groups -OCH3 is 1. The van der Waals surface area contributed by atoms with Crippen molar-refractivity contribution in [1.29, 1.82) is 0 Å². The molecule has 0 unspecified atom stereocenters. The topological polar surface area (TPSA) is 67.9 Å². The lowest BCUT2D eigenvalue weighted by molar-refractivity contribution is -0.123. The van der Waals surface area contributed by atoms with Crippen LogP contribution in [0.3, 0.4) is 0 Å². The molecule has 174 valence electrons. The Hall–Kier alpha value is -3.02. The molecule has 2 amide bonds. The predicted molar refractivity (Wildman–Crippen MR) is 126 cm³/mol. The molecule has 2 aromatic carbocycles. The summed E-state index contributed by atoms with van der Waals surface area (Å²) in [6.45, 7) is 1.28. The zero-order chi connectivity index (χ0) is 22.8. The first-order valence-corrected chi connectivity index (χ1v) is 12.1. The minimum Gasteiger partial charge on any atom is -0.497 e. The van der Waals surface area contributed by atoms with Gasteiger partial charge in [-0.05, 0) is 55.5 Å². The maximum atomic E-state index is 13.1. The number of amides is 2. The van der Waals surface area contributed by atoms with Gasteiger partial charge in [0.1, 0.15) is 17.1 Å². The third kappa shape index (κ3) is 4.56. The van der Waals surface area contributed by atoms with Gasteiger partial charge in [-0.15, -0.1) is 0 Å². The summed E-state index contributed by atoms with van der Waals surface area (Å²) in [6.07, 6.45) is 6.22. The molecule has 0 bridgehead atoms. The molecule has 2 fully saturated rings. The van der Waals surface area contributed by atoms with E-state index in [1.165, 1.54) is 6.42 Å². The summed E-state index contributed by atoms with van der Waals surface area (Å²) in [7, 11) is 1.61. The van der Waals surface area contributed by atoms with Crippen LogP contribution in [0.5, 0.6) is 11.5 Å². The molecule has 0 aromatic heterocycles. The first-order valence-electron chi connectivity index (χ1n) is 12.1. The van der Waals surface area contributed by atoms with Gasteiger partial charge in [0.2, 0.25) is 5.91 Å². The average molecular weight is 449 g/mol. The molecule has 1 N–H and O–H groups in total. The molecule has 33 heavy (non-hydrogen) atoms. The highest BCUT2D eigenvalue weighted by Gasteiger charge is 2.44. The van der Waals surface area contributed by atoms with E-state index in [-0.39, 0.29) is 23.3 Å². The number of piperidine rings is 1. The van der Waals surface area contributed by atoms with Gasteiger partial charge in [-0.25, -0.2) is 0 Å². The van der Waals surface area contributed by atoms with E-state index in [1.54, 1.807) is 13.2 Å². The molecular weight excluding hydrogens is 416 g/mol. The molecule has 1 atom stereocenters. The largest absolute Gasteiger partial charge is 0.497 e. The molecule has 1 spiro atoms. The lowest BCUT2D eigenvalue weighted by Crippen LogP contribution is -2.52. The van der Waals surface area contributed by atoms with Crippen molar-refractivity contribution in [1.82, 2.24) is 10.2 Å². The summed E-state index contributed by atoms with van der Waals surface area (Å²) in [5.74, 6) is 1.87. The fourth-order valence-corrected chi connectivity index (χ4v) is 5.35. The van der Waals surface area contributed by atoms with E-state index >= 15 is 0 Å². The Morgan fingerprint density at radius 2 is 1.91 bits per heavy atom. The smallest absolute Gasteiger partial charge is 0.253 e. The van der Waals surface area contributed by atoms with Gasteiger partial charge < -0.3 is 19.7 Å². The summed E-state index contributed by atoms with van der Waals surface area (Å²) in [5.41, 5.74) is 1.44. The summed E-state index contributed by atoms with van der Waals surface area (Å²) in [6, 6.07) is 15.8. The maximum absolute atomic E-state index is 13.1. The van der Waals surface area contributed by atoms with Crippen molar-refractivity contribution in [3.8, 4) is 11.5 Å².